The minimum atomic E-state index is -4.73. The lowest BCUT2D eigenvalue weighted by Crippen LogP contribution is -2.13. The number of carbonyl (C=O) groups excluding carboxylic acids is 2. The predicted octanol–water partition coefficient (Wildman–Crippen LogP) is 2.69. The number of rotatable bonds is 5. The maximum Gasteiger partial charge on any atom is 0.343 e. The number of benzene rings is 2. The van der Waals surface area contributed by atoms with Crippen molar-refractivity contribution >= 4 is 21.8 Å². The Labute approximate surface area is 141 Å². The van der Waals surface area contributed by atoms with Crippen molar-refractivity contribution in [2.75, 3.05) is 7.11 Å². The quantitative estimate of drug-likeness (QED) is 0.594. The predicted molar refractivity (Wildman–Crippen MR) is 82.4 cm³/mol. The van der Waals surface area contributed by atoms with Gasteiger partial charge in [0.2, 0.25) is 9.84 Å². The van der Waals surface area contributed by atoms with Gasteiger partial charge in [0.25, 0.3) is 0 Å². The first kappa shape index (κ1) is 18.5. The molecule has 0 unspecified atom stereocenters. The number of sulfone groups is 1. The molecule has 132 valence electrons. The lowest BCUT2D eigenvalue weighted by Gasteiger charge is -2.07. The molecule has 25 heavy (non-hydrogen) atoms. The van der Waals surface area contributed by atoms with E-state index in [-0.39, 0.29) is 16.9 Å². The van der Waals surface area contributed by atoms with Gasteiger partial charge in [-0.2, -0.15) is 8.78 Å². The van der Waals surface area contributed by atoms with Crippen LogP contribution in [0.2, 0.25) is 0 Å². The van der Waals surface area contributed by atoms with Crippen molar-refractivity contribution in [1.82, 2.24) is 0 Å². The van der Waals surface area contributed by atoms with Crippen molar-refractivity contribution in [1.29, 1.82) is 0 Å². The Morgan fingerprint density at radius 3 is 2.16 bits per heavy atom. The standard InChI is InChI=1S/C16H12F2O6S/c1-23-14(19)11-3-2-4-12(9-11)24-15(20)10-5-7-13(8-6-10)25(21,22)16(17)18/h2-9,16H,1H3. The van der Waals surface area contributed by atoms with Crippen LogP contribution in [0.1, 0.15) is 20.7 Å². The van der Waals surface area contributed by atoms with Crippen LogP contribution in [0.25, 0.3) is 0 Å². The largest absolute Gasteiger partial charge is 0.465 e. The van der Waals surface area contributed by atoms with Crippen LogP contribution in [0.5, 0.6) is 5.75 Å². The van der Waals surface area contributed by atoms with Crippen LogP contribution in [-0.4, -0.2) is 33.2 Å². The molecule has 0 fully saturated rings. The molecule has 2 aromatic rings. The summed E-state index contributed by atoms with van der Waals surface area (Å²) in [6.45, 7) is 0. The first-order chi connectivity index (χ1) is 11.8. The SMILES string of the molecule is COC(=O)c1cccc(OC(=O)c2ccc(S(=O)(=O)C(F)F)cc2)c1. The van der Waals surface area contributed by atoms with Crippen molar-refractivity contribution in [3.63, 3.8) is 0 Å². The highest BCUT2D eigenvalue weighted by Crippen LogP contribution is 2.20. The first-order valence-electron chi connectivity index (χ1n) is 6.78. The second kappa shape index (κ2) is 7.39. The van der Waals surface area contributed by atoms with Crippen molar-refractivity contribution in [3.8, 4) is 5.75 Å². The van der Waals surface area contributed by atoms with Gasteiger partial charge in [-0.25, -0.2) is 18.0 Å². The molecule has 0 aromatic heterocycles. The number of halogens is 2. The number of alkyl halides is 2. The minimum absolute atomic E-state index is 0.0447. The van der Waals surface area contributed by atoms with Crippen LogP contribution in [0.3, 0.4) is 0 Å². The topological polar surface area (TPSA) is 86.7 Å². The van der Waals surface area contributed by atoms with Crippen molar-refractivity contribution < 1.29 is 36.3 Å². The molecule has 0 aliphatic rings. The van der Waals surface area contributed by atoms with E-state index >= 15 is 0 Å². The van der Waals surface area contributed by atoms with Crippen LogP contribution in [0.4, 0.5) is 8.78 Å². The number of esters is 2. The highest BCUT2D eigenvalue weighted by atomic mass is 32.2. The molecular formula is C16H12F2O6S. The Balaban J connectivity index is 2.18. The van der Waals surface area contributed by atoms with Crippen molar-refractivity contribution in [3.05, 3.63) is 59.7 Å². The van der Waals surface area contributed by atoms with E-state index < -0.39 is 32.4 Å². The van der Waals surface area contributed by atoms with E-state index in [1.165, 1.54) is 31.4 Å². The summed E-state index contributed by atoms with van der Waals surface area (Å²) in [5.41, 5.74) is 0.128. The summed E-state index contributed by atoms with van der Waals surface area (Å²) in [7, 11) is -3.53. The van der Waals surface area contributed by atoms with Crippen LogP contribution >= 0.6 is 0 Å². The summed E-state index contributed by atoms with van der Waals surface area (Å²) >= 11 is 0. The number of hydrogen-bond donors (Lipinski definition) is 0. The summed E-state index contributed by atoms with van der Waals surface area (Å²) in [4.78, 5) is 22.8. The summed E-state index contributed by atoms with van der Waals surface area (Å²) in [6, 6.07) is 9.56. The number of methoxy groups -OCH3 is 1. The fourth-order valence-corrected chi connectivity index (χ4v) is 2.58. The Bertz CT molecular complexity index is 891. The van der Waals surface area contributed by atoms with Gasteiger partial charge in [0.15, 0.2) is 0 Å². The summed E-state index contributed by atoms with van der Waals surface area (Å²) in [6.07, 6.45) is 0. The van der Waals surface area contributed by atoms with Crippen molar-refractivity contribution in [2.24, 2.45) is 0 Å². The molecule has 0 aliphatic heterocycles. The molecule has 6 nitrogen and oxygen atoms in total. The molecule has 0 aliphatic carbocycles. The van der Waals surface area contributed by atoms with E-state index in [1.54, 1.807) is 0 Å². The normalized spacial score (nSPS) is 11.2. The van der Waals surface area contributed by atoms with Gasteiger partial charge in [-0.15, -0.1) is 0 Å². The molecule has 0 radical (unpaired) electrons. The lowest BCUT2D eigenvalue weighted by molar-refractivity contribution is 0.0597. The molecule has 0 saturated carbocycles. The molecule has 0 bridgehead atoms. The third-order valence-corrected chi connectivity index (χ3v) is 4.52. The van der Waals surface area contributed by atoms with Gasteiger partial charge < -0.3 is 9.47 Å². The van der Waals surface area contributed by atoms with Gasteiger partial charge in [0.05, 0.1) is 23.1 Å². The second-order valence-electron chi connectivity index (χ2n) is 4.74. The Morgan fingerprint density at radius 2 is 1.60 bits per heavy atom. The first-order valence-corrected chi connectivity index (χ1v) is 8.33. The molecule has 0 spiro atoms. The number of ether oxygens (including phenoxy) is 2. The average Bonchev–Trinajstić information content (AvgIpc) is 2.61. The van der Waals surface area contributed by atoms with E-state index in [0.29, 0.717) is 0 Å². The van der Waals surface area contributed by atoms with Gasteiger partial charge in [-0.1, -0.05) is 6.07 Å². The van der Waals surface area contributed by atoms with E-state index in [4.69, 9.17) is 4.74 Å². The fraction of sp³-hybridized carbons (Fsp3) is 0.125. The molecule has 0 heterocycles. The summed E-state index contributed by atoms with van der Waals surface area (Å²) in [5.74, 6) is -4.94. The second-order valence-corrected chi connectivity index (χ2v) is 6.66. The van der Waals surface area contributed by atoms with Gasteiger partial charge in [-0.05, 0) is 42.5 Å². The maximum absolute atomic E-state index is 12.5. The third kappa shape index (κ3) is 4.18. The zero-order valence-electron chi connectivity index (χ0n) is 12.8. The fourth-order valence-electron chi connectivity index (χ4n) is 1.85. The summed E-state index contributed by atoms with van der Waals surface area (Å²) < 4.78 is 57.2. The monoisotopic (exact) mass is 370 g/mol. The van der Waals surface area contributed by atoms with Gasteiger partial charge in [0, 0.05) is 0 Å². The molecule has 0 atom stereocenters. The van der Waals surface area contributed by atoms with Crippen LogP contribution in [0, 0.1) is 0 Å². The van der Waals surface area contributed by atoms with E-state index in [9.17, 15) is 26.8 Å². The smallest absolute Gasteiger partial charge is 0.343 e. The minimum Gasteiger partial charge on any atom is -0.465 e. The molecule has 0 N–H and O–H groups in total. The van der Waals surface area contributed by atoms with E-state index in [1.807, 2.05) is 0 Å². The van der Waals surface area contributed by atoms with Gasteiger partial charge >= 0.3 is 17.7 Å². The molecular weight excluding hydrogens is 358 g/mol. The van der Waals surface area contributed by atoms with Crippen molar-refractivity contribution in [2.45, 2.75) is 10.7 Å². The third-order valence-electron chi connectivity index (χ3n) is 3.12. The molecule has 2 rings (SSSR count). The Kier molecular flexibility index (Phi) is 5.48. The lowest BCUT2D eigenvalue weighted by atomic mass is 10.2. The highest BCUT2D eigenvalue weighted by molar-refractivity contribution is 7.91. The molecule has 2 aromatic carbocycles. The van der Waals surface area contributed by atoms with E-state index in [0.717, 1.165) is 24.3 Å². The average molecular weight is 370 g/mol. The molecule has 0 saturated heterocycles. The summed E-state index contributed by atoms with van der Waals surface area (Å²) in [5, 5.41) is 0. The number of carbonyl (C=O) groups is 2. The zero-order valence-corrected chi connectivity index (χ0v) is 13.6. The highest BCUT2D eigenvalue weighted by Gasteiger charge is 2.26. The zero-order chi connectivity index (χ0) is 18.6. The molecule has 0 amide bonds. The van der Waals surface area contributed by atoms with Gasteiger partial charge in [0.1, 0.15) is 5.75 Å². The maximum atomic E-state index is 12.5. The number of hydrogen-bond acceptors (Lipinski definition) is 6. The van der Waals surface area contributed by atoms with E-state index in [2.05, 4.69) is 4.74 Å². The van der Waals surface area contributed by atoms with Crippen LogP contribution in [0.15, 0.2) is 53.4 Å². The molecule has 9 heteroatoms. The Hall–Kier alpha value is -2.81. The Morgan fingerprint density at radius 1 is 0.960 bits per heavy atom. The van der Waals surface area contributed by atoms with Gasteiger partial charge in [-0.3, -0.25) is 0 Å². The van der Waals surface area contributed by atoms with Crippen LogP contribution < -0.4 is 4.74 Å². The van der Waals surface area contributed by atoms with Crippen LogP contribution in [-0.2, 0) is 14.6 Å².